The molecule has 1 aliphatic heterocycles. The molecule has 1 aromatic carbocycles. The first-order chi connectivity index (χ1) is 12.3. The van der Waals surface area contributed by atoms with Gasteiger partial charge < -0.3 is 16.0 Å². The van der Waals surface area contributed by atoms with Crippen molar-refractivity contribution in [2.75, 3.05) is 29.0 Å². The summed E-state index contributed by atoms with van der Waals surface area (Å²) in [4.78, 5) is 21.5. The highest BCUT2D eigenvalue weighted by Gasteiger charge is 2.28. The molecule has 0 amide bonds. The summed E-state index contributed by atoms with van der Waals surface area (Å²) in [7, 11) is 0. The first-order valence-corrected chi connectivity index (χ1v) is 8.80. The fourth-order valence-corrected chi connectivity index (χ4v) is 3.49. The van der Waals surface area contributed by atoms with E-state index in [2.05, 4.69) is 29.1 Å². The van der Waals surface area contributed by atoms with E-state index in [1.54, 1.807) is 24.3 Å². The molecule has 2 heterocycles. The van der Waals surface area contributed by atoms with Crippen LogP contribution in [0.2, 0.25) is 5.02 Å². The van der Waals surface area contributed by atoms with Crippen molar-refractivity contribution in [3.8, 4) is 0 Å². The van der Waals surface area contributed by atoms with E-state index in [9.17, 15) is 10.1 Å². The van der Waals surface area contributed by atoms with Gasteiger partial charge in [0.15, 0.2) is 0 Å². The predicted octanol–water partition coefficient (Wildman–Crippen LogP) is 3.85. The number of hydrogen-bond donors (Lipinski definition) is 2. The van der Waals surface area contributed by atoms with E-state index in [1.807, 2.05) is 4.90 Å². The molecule has 0 spiro atoms. The lowest BCUT2D eigenvalue weighted by atomic mass is 9.92. The van der Waals surface area contributed by atoms with Crippen LogP contribution in [0, 0.1) is 22.0 Å². The van der Waals surface area contributed by atoms with Crippen LogP contribution in [-0.2, 0) is 0 Å². The van der Waals surface area contributed by atoms with Crippen molar-refractivity contribution in [2.24, 2.45) is 11.8 Å². The van der Waals surface area contributed by atoms with Gasteiger partial charge in [-0.2, -0.15) is 9.97 Å². The molecule has 1 aliphatic rings. The van der Waals surface area contributed by atoms with E-state index in [-0.39, 0.29) is 17.3 Å². The van der Waals surface area contributed by atoms with Gasteiger partial charge in [-0.05, 0) is 42.5 Å². The van der Waals surface area contributed by atoms with Crippen molar-refractivity contribution < 1.29 is 4.92 Å². The van der Waals surface area contributed by atoms with Crippen molar-refractivity contribution in [3.05, 3.63) is 39.4 Å². The number of anilines is 4. The number of nitrogen functional groups attached to an aromatic ring is 1. The zero-order valence-electron chi connectivity index (χ0n) is 14.6. The van der Waals surface area contributed by atoms with Crippen LogP contribution in [0.4, 0.5) is 29.0 Å². The van der Waals surface area contributed by atoms with Crippen LogP contribution in [0.25, 0.3) is 0 Å². The van der Waals surface area contributed by atoms with Gasteiger partial charge in [-0.25, -0.2) is 0 Å². The maximum absolute atomic E-state index is 11.4. The Balaban J connectivity index is 1.99. The van der Waals surface area contributed by atoms with E-state index >= 15 is 0 Å². The van der Waals surface area contributed by atoms with Gasteiger partial charge in [-0.15, -0.1) is 0 Å². The highest BCUT2D eigenvalue weighted by molar-refractivity contribution is 6.30. The number of nitro groups is 1. The van der Waals surface area contributed by atoms with Crippen molar-refractivity contribution in [1.29, 1.82) is 0 Å². The fraction of sp³-hybridized carbons (Fsp3) is 0.412. The summed E-state index contributed by atoms with van der Waals surface area (Å²) in [5.41, 5.74) is 6.19. The molecule has 0 saturated carbocycles. The molecule has 2 aromatic rings. The third-order valence-corrected chi connectivity index (χ3v) is 4.59. The minimum atomic E-state index is -0.571. The van der Waals surface area contributed by atoms with E-state index in [0.29, 0.717) is 28.5 Å². The summed E-state index contributed by atoms with van der Waals surface area (Å²) in [6.07, 6.45) is 1.13. The lowest BCUT2D eigenvalue weighted by Gasteiger charge is -2.35. The molecule has 2 atom stereocenters. The molecule has 26 heavy (non-hydrogen) atoms. The zero-order valence-corrected chi connectivity index (χ0v) is 15.4. The molecule has 138 valence electrons. The minimum absolute atomic E-state index is 0.0747. The standard InChI is InChI=1S/C17H21ClN6O2/c1-10-7-11(2)9-23(8-10)17-21-15(19)14(24(25)26)16(22-17)20-13-5-3-12(18)4-6-13/h3-6,10-11H,7-9H2,1-2H3,(H3,19,20,21,22)/t10-,11-/m0/s1. The number of nitrogens with two attached hydrogens (primary N) is 1. The third-order valence-electron chi connectivity index (χ3n) is 4.34. The second kappa shape index (κ2) is 7.33. The second-order valence-electron chi connectivity index (χ2n) is 6.85. The number of rotatable bonds is 4. The lowest BCUT2D eigenvalue weighted by molar-refractivity contribution is -0.383. The van der Waals surface area contributed by atoms with Crippen LogP contribution < -0.4 is 16.0 Å². The Labute approximate surface area is 156 Å². The quantitative estimate of drug-likeness (QED) is 0.615. The number of aromatic nitrogens is 2. The summed E-state index contributed by atoms with van der Waals surface area (Å²) in [6, 6.07) is 6.81. The molecule has 8 nitrogen and oxygen atoms in total. The van der Waals surface area contributed by atoms with Gasteiger partial charge in [0.2, 0.25) is 17.6 Å². The molecule has 0 aliphatic carbocycles. The van der Waals surface area contributed by atoms with Crippen molar-refractivity contribution in [1.82, 2.24) is 9.97 Å². The number of nitrogens with one attached hydrogen (secondary N) is 1. The average molecular weight is 377 g/mol. The topological polar surface area (TPSA) is 110 Å². The van der Waals surface area contributed by atoms with Gasteiger partial charge in [-0.3, -0.25) is 10.1 Å². The maximum atomic E-state index is 11.4. The first-order valence-electron chi connectivity index (χ1n) is 8.43. The fourth-order valence-electron chi connectivity index (χ4n) is 3.36. The molecule has 0 radical (unpaired) electrons. The van der Waals surface area contributed by atoms with Gasteiger partial charge in [0.25, 0.3) is 0 Å². The molecule has 0 unspecified atom stereocenters. The zero-order chi connectivity index (χ0) is 18.8. The van der Waals surface area contributed by atoms with Crippen molar-refractivity contribution in [2.45, 2.75) is 20.3 Å². The van der Waals surface area contributed by atoms with Crippen LogP contribution in [0.1, 0.15) is 20.3 Å². The number of hydrogen-bond acceptors (Lipinski definition) is 7. The van der Waals surface area contributed by atoms with Crippen LogP contribution in [0.3, 0.4) is 0 Å². The number of halogens is 1. The minimum Gasteiger partial charge on any atom is -0.378 e. The largest absolute Gasteiger partial charge is 0.378 e. The van der Waals surface area contributed by atoms with Crippen molar-refractivity contribution in [3.63, 3.8) is 0 Å². The molecule has 0 bridgehead atoms. The van der Waals surface area contributed by atoms with Crippen LogP contribution in [0.5, 0.6) is 0 Å². The van der Waals surface area contributed by atoms with E-state index in [4.69, 9.17) is 17.3 Å². The third kappa shape index (κ3) is 3.96. The smallest absolute Gasteiger partial charge is 0.353 e. The molecular formula is C17H21ClN6O2. The normalized spacial score (nSPS) is 20.0. The van der Waals surface area contributed by atoms with E-state index < -0.39 is 4.92 Å². The summed E-state index contributed by atoms with van der Waals surface area (Å²) >= 11 is 5.89. The van der Waals surface area contributed by atoms with E-state index in [0.717, 1.165) is 19.5 Å². The summed E-state index contributed by atoms with van der Waals surface area (Å²) < 4.78 is 0. The highest BCUT2D eigenvalue weighted by Crippen LogP contribution is 2.34. The summed E-state index contributed by atoms with van der Waals surface area (Å²) in [6.45, 7) is 5.93. The van der Waals surface area contributed by atoms with Gasteiger partial charge in [0, 0.05) is 23.8 Å². The highest BCUT2D eigenvalue weighted by atomic mass is 35.5. The van der Waals surface area contributed by atoms with Gasteiger partial charge in [0.05, 0.1) is 4.92 Å². The Hall–Kier alpha value is -2.61. The predicted molar refractivity (Wildman–Crippen MR) is 103 cm³/mol. The lowest BCUT2D eigenvalue weighted by Crippen LogP contribution is -2.39. The molecule has 1 aromatic heterocycles. The van der Waals surface area contributed by atoms with Crippen LogP contribution in [0.15, 0.2) is 24.3 Å². The van der Waals surface area contributed by atoms with Crippen LogP contribution in [-0.4, -0.2) is 28.0 Å². The van der Waals surface area contributed by atoms with Crippen molar-refractivity contribution >= 4 is 40.6 Å². The SMILES string of the molecule is C[C@H]1C[C@H](C)CN(c2nc(N)c([N+](=O)[O-])c(Nc3ccc(Cl)cc3)n2)C1. The Kier molecular flexibility index (Phi) is 5.13. The number of benzene rings is 1. The molecule has 1 fully saturated rings. The second-order valence-corrected chi connectivity index (χ2v) is 7.28. The van der Waals surface area contributed by atoms with Crippen LogP contribution >= 0.6 is 11.6 Å². The average Bonchev–Trinajstić information content (AvgIpc) is 2.55. The first kappa shape index (κ1) is 18.2. The Bertz CT molecular complexity index is 804. The van der Waals surface area contributed by atoms with Gasteiger partial charge in [-0.1, -0.05) is 25.4 Å². The summed E-state index contributed by atoms with van der Waals surface area (Å²) in [5.74, 6) is 1.31. The molecule has 3 rings (SSSR count). The van der Waals surface area contributed by atoms with Gasteiger partial charge >= 0.3 is 5.69 Å². The molecule has 9 heteroatoms. The maximum Gasteiger partial charge on any atom is 0.353 e. The van der Waals surface area contributed by atoms with E-state index in [1.165, 1.54) is 0 Å². The summed E-state index contributed by atoms with van der Waals surface area (Å²) in [5, 5.41) is 15.0. The van der Waals surface area contributed by atoms with Gasteiger partial charge in [0.1, 0.15) is 0 Å². The molecule has 1 saturated heterocycles. The Morgan fingerprint density at radius 1 is 1.23 bits per heavy atom. The Morgan fingerprint density at radius 2 is 1.85 bits per heavy atom. The monoisotopic (exact) mass is 376 g/mol. The molecule has 3 N–H and O–H groups in total. The number of nitrogens with zero attached hydrogens (tertiary/aromatic N) is 4. The molecular weight excluding hydrogens is 356 g/mol. The number of piperidine rings is 1. The Morgan fingerprint density at radius 3 is 2.42 bits per heavy atom.